The third-order valence-corrected chi connectivity index (χ3v) is 4.57. The number of hydrogen-bond acceptors (Lipinski definition) is 2. The fourth-order valence-corrected chi connectivity index (χ4v) is 3.38. The Morgan fingerprint density at radius 3 is 2.87 bits per heavy atom. The molecular weight excluding hydrogens is 312 g/mol. The Bertz CT molecular complexity index is 756. The summed E-state index contributed by atoms with van der Waals surface area (Å²) >= 11 is 5.98. The number of aromatic nitrogens is 2. The monoisotopic (exact) mass is 330 g/mol. The molecule has 1 aliphatic carbocycles. The van der Waals surface area contributed by atoms with E-state index >= 15 is 0 Å². The van der Waals surface area contributed by atoms with Gasteiger partial charge in [-0.25, -0.2) is 9.83 Å². The van der Waals surface area contributed by atoms with Gasteiger partial charge in [0.15, 0.2) is 5.69 Å². The Morgan fingerprint density at radius 1 is 1.39 bits per heavy atom. The van der Waals surface area contributed by atoms with E-state index < -0.39 is 0 Å². The topological polar surface area (TPSA) is 51.3 Å². The van der Waals surface area contributed by atoms with Gasteiger partial charge in [0.2, 0.25) is 5.91 Å². The molecule has 1 heterocycles. The molecule has 0 bridgehead atoms. The van der Waals surface area contributed by atoms with Gasteiger partial charge in [-0.3, -0.25) is 4.79 Å². The van der Waals surface area contributed by atoms with Crippen molar-refractivity contribution in [3.63, 3.8) is 0 Å². The molecule has 0 unspecified atom stereocenters. The number of halogens is 1. The van der Waals surface area contributed by atoms with Crippen LogP contribution in [0.5, 0.6) is 0 Å². The summed E-state index contributed by atoms with van der Waals surface area (Å²) < 4.78 is 1.84. The summed E-state index contributed by atoms with van der Waals surface area (Å²) in [5.74, 6) is 0.887. The second-order valence-electron chi connectivity index (χ2n) is 5.94. The van der Waals surface area contributed by atoms with E-state index in [1.807, 2.05) is 10.6 Å². The average Bonchev–Trinajstić information content (AvgIpc) is 2.92. The van der Waals surface area contributed by atoms with E-state index in [2.05, 4.69) is 15.1 Å². The van der Waals surface area contributed by atoms with Crippen molar-refractivity contribution in [2.24, 2.45) is 0 Å². The van der Waals surface area contributed by atoms with Crippen molar-refractivity contribution in [3.8, 4) is 0 Å². The Balaban J connectivity index is 1.80. The zero-order valence-electron chi connectivity index (χ0n) is 12.9. The lowest BCUT2D eigenvalue weighted by Gasteiger charge is -2.23. The number of alkyl halides is 1. The SMILES string of the molecule is [C-]#[N+]c1ccc2c(c1)nc(CCl)n2CC(=O)NC1CCCCC1. The van der Waals surface area contributed by atoms with E-state index in [0.29, 0.717) is 23.1 Å². The van der Waals surface area contributed by atoms with Crippen LogP contribution in [0.25, 0.3) is 15.9 Å². The summed E-state index contributed by atoms with van der Waals surface area (Å²) in [6.45, 7) is 7.30. The van der Waals surface area contributed by atoms with E-state index in [-0.39, 0.29) is 18.3 Å². The molecule has 0 spiro atoms. The maximum atomic E-state index is 12.4. The predicted molar refractivity (Wildman–Crippen MR) is 90.6 cm³/mol. The molecule has 3 rings (SSSR count). The first-order valence-corrected chi connectivity index (χ1v) is 8.46. The number of rotatable bonds is 4. The minimum absolute atomic E-state index is 0.00294. The molecule has 1 N–H and O–H groups in total. The van der Waals surface area contributed by atoms with Crippen LogP contribution in [0.3, 0.4) is 0 Å². The molecule has 1 amide bonds. The number of fused-ring (bicyclic) bond motifs is 1. The summed E-state index contributed by atoms with van der Waals surface area (Å²) in [7, 11) is 0. The standard InChI is InChI=1S/C17H19ClN4O/c1-19-13-7-8-15-14(9-13)21-16(10-18)22(15)11-17(23)20-12-5-3-2-4-6-12/h7-9,12H,2-6,10-11H2,(H,20,23). The number of nitrogens with one attached hydrogen (secondary N) is 1. The molecule has 120 valence electrons. The fraction of sp³-hybridized carbons (Fsp3) is 0.471. The Hall–Kier alpha value is -2.06. The number of hydrogen-bond donors (Lipinski definition) is 1. The highest BCUT2D eigenvalue weighted by molar-refractivity contribution is 6.16. The lowest BCUT2D eigenvalue weighted by molar-refractivity contribution is -0.122. The molecule has 5 nitrogen and oxygen atoms in total. The van der Waals surface area contributed by atoms with Crippen molar-refractivity contribution in [2.75, 3.05) is 0 Å². The van der Waals surface area contributed by atoms with Gasteiger partial charge in [-0.15, -0.1) is 11.6 Å². The van der Waals surface area contributed by atoms with Gasteiger partial charge in [-0.05, 0) is 25.0 Å². The van der Waals surface area contributed by atoms with Crippen LogP contribution in [-0.4, -0.2) is 21.5 Å². The van der Waals surface area contributed by atoms with Gasteiger partial charge in [0.05, 0.1) is 23.5 Å². The Labute approximate surface area is 140 Å². The summed E-state index contributed by atoms with van der Waals surface area (Å²) in [6.07, 6.45) is 5.76. The quantitative estimate of drug-likeness (QED) is 0.685. The van der Waals surface area contributed by atoms with E-state index in [1.54, 1.807) is 12.1 Å². The number of carbonyl (C=O) groups excluding carboxylic acids is 1. The van der Waals surface area contributed by atoms with E-state index in [1.165, 1.54) is 19.3 Å². The van der Waals surface area contributed by atoms with E-state index in [4.69, 9.17) is 18.2 Å². The first-order chi connectivity index (χ1) is 11.2. The Morgan fingerprint density at radius 2 is 2.17 bits per heavy atom. The molecule has 6 heteroatoms. The van der Waals surface area contributed by atoms with Crippen molar-refractivity contribution in [3.05, 3.63) is 35.4 Å². The summed E-state index contributed by atoms with van der Waals surface area (Å²) in [6, 6.07) is 5.59. The minimum Gasteiger partial charge on any atom is -0.352 e. The van der Waals surface area contributed by atoms with Gasteiger partial charge in [-0.1, -0.05) is 25.3 Å². The highest BCUT2D eigenvalue weighted by atomic mass is 35.5. The van der Waals surface area contributed by atoms with Crippen molar-refractivity contribution < 1.29 is 4.79 Å². The number of carbonyl (C=O) groups is 1. The van der Waals surface area contributed by atoms with Crippen LogP contribution in [-0.2, 0) is 17.2 Å². The lowest BCUT2D eigenvalue weighted by Crippen LogP contribution is -2.38. The van der Waals surface area contributed by atoms with Gasteiger partial charge >= 0.3 is 0 Å². The lowest BCUT2D eigenvalue weighted by atomic mass is 9.95. The van der Waals surface area contributed by atoms with Crippen LogP contribution in [0, 0.1) is 6.57 Å². The maximum absolute atomic E-state index is 12.4. The van der Waals surface area contributed by atoms with Crippen molar-refractivity contribution in [1.29, 1.82) is 0 Å². The second kappa shape index (κ2) is 7.01. The van der Waals surface area contributed by atoms with Crippen molar-refractivity contribution in [2.45, 2.75) is 50.6 Å². The first kappa shape index (κ1) is 15.8. The van der Waals surface area contributed by atoms with Gasteiger partial charge in [0.25, 0.3) is 0 Å². The van der Waals surface area contributed by atoms with E-state index in [0.717, 1.165) is 18.4 Å². The largest absolute Gasteiger partial charge is 0.352 e. The molecule has 0 saturated heterocycles. The molecule has 1 saturated carbocycles. The number of nitrogens with zero attached hydrogens (tertiary/aromatic N) is 3. The minimum atomic E-state index is -0.00294. The third-order valence-electron chi connectivity index (χ3n) is 4.33. The second-order valence-corrected chi connectivity index (χ2v) is 6.20. The maximum Gasteiger partial charge on any atom is 0.240 e. The van der Waals surface area contributed by atoms with Crippen LogP contribution < -0.4 is 5.32 Å². The number of benzene rings is 1. The fourth-order valence-electron chi connectivity index (χ4n) is 3.18. The molecule has 2 aromatic rings. The summed E-state index contributed by atoms with van der Waals surface area (Å²) in [5, 5.41) is 3.12. The molecule has 1 fully saturated rings. The zero-order valence-corrected chi connectivity index (χ0v) is 13.6. The van der Waals surface area contributed by atoms with Crippen LogP contribution in [0.1, 0.15) is 37.9 Å². The average molecular weight is 331 g/mol. The van der Waals surface area contributed by atoms with Crippen LogP contribution in [0.2, 0.25) is 0 Å². The van der Waals surface area contributed by atoms with Crippen LogP contribution >= 0.6 is 11.6 Å². The first-order valence-electron chi connectivity index (χ1n) is 7.93. The highest BCUT2D eigenvalue weighted by Crippen LogP contribution is 2.23. The molecule has 1 aromatic heterocycles. The molecule has 0 aliphatic heterocycles. The molecule has 1 aliphatic rings. The normalized spacial score (nSPS) is 15.5. The number of imidazole rings is 1. The third kappa shape index (κ3) is 3.48. The van der Waals surface area contributed by atoms with E-state index in [9.17, 15) is 4.79 Å². The zero-order chi connectivity index (χ0) is 16.2. The van der Waals surface area contributed by atoms with Gasteiger partial charge < -0.3 is 9.88 Å². The summed E-state index contributed by atoms with van der Waals surface area (Å²) in [5.41, 5.74) is 2.08. The molecule has 1 aromatic carbocycles. The predicted octanol–water partition coefficient (Wildman–Crippen LogP) is 3.77. The number of amides is 1. The molecule has 0 radical (unpaired) electrons. The molecule has 23 heavy (non-hydrogen) atoms. The van der Waals surface area contributed by atoms with Crippen LogP contribution in [0.15, 0.2) is 18.2 Å². The molecular formula is C17H19ClN4O. The van der Waals surface area contributed by atoms with Gasteiger partial charge in [0, 0.05) is 6.04 Å². The van der Waals surface area contributed by atoms with Crippen molar-refractivity contribution in [1.82, 2.24) is 14.9 Å². The summed E-state index contributed by atoms with van der Waals surface area (Å²) in [4.78, 5) is 20.2. The van der Waals surface area contributed by atoms with Crippen LogP contribution in [0.4, 0.5) is 5.69 Å². The van der Waals surface area contributed by atoms with Gasteiger partial charge in [-0.2, -0.15) is 0 Å². The van der Waals surface area contributed by atoms with Crippen molar-refractivity contribution >= 4 is 34.2 Å². The highest BCUT2D eigenvalue weighted by Gasteiger charge is 2.18. The Kier molecular flexibility index (Phi) is 4.82. The van der Waals surface area contributed by atoms with Gasteiger partial charge in [0.1, 0.15) is 12.4 Å². The molecule has 0 atom stereocenters. The smallest absolute Gasteiger partial charge is 0.240 e.